The minimum Gasteiger partial charge on any atom is -0.396 e. The number of H-pyrrole nitrogens is 1. The molecule has 1 aromatic heterocycles. The molecular formula is C11H21N3O3S. The van der Waals surface area contributed by atoms with Crippen LogP contribution in [0.15, 0.2) is 4.90 Å². The molecule has 0 aliphatic carbocycles. The molecule has 0 unspecified atom stereocenters. The average molecular weight is 275 g/mol. The zero-order valence-corrected chi connectivity index (χ0v) is 12.1. The number of aliphatic hydroxyl groups excluding tert-OH is 1. The fraction of sp³-hybridized carbons (Fsp3) is 0.727. The van der Waals surface area contributed by atoms with Crippen LogP contribution in [0.25, 0.3) is 0 Å². The summed E-state index contributed by atoms with van der Waals surface area (Å²) in [4.78, 5) is 0.210. The van der Waals surface area contributed by atoms with Crippen molar-refractivity contribution >= 4 is 10.0 Å². The first-order valence-corrected chi connectivity index (χ1v) is 7.30. The molecule has 0 radical (unpaired) electrons. The Hall–Kier alpha value is -0.920. The Morgan fingerprint density at radius 1 is 1.39 bits per heavy atom. The predicted molar refractivity (Wildman–Crippen MR) is 68.7 cm³/mol. The Morgan fingerprint density at radius 3 is 2.44 bits per heavy atom. The van der Waals surface area contributed by atoms with Gasteiger partial charge in [0.1, 0.15) is 4.90 Å². The first-order chi connectivity index (χ1) is 8.19. The van der Waals surface area contributed by atoms with E-state index in [2.05, 4.69) is 14.9 Å². The SMILES string of the molecule is Cc1n[nH]c(C)c1S(=O)(=O)NCC(C)(C)CCO. The van der Waals surface area contributed by atoms with Crippen molar-refractivity contribution in [1.82, 2.24) is 14.9 Å². The molecule has 0 bridgehead atoms. The lowest BCUT2D eigenvalue weighted by Gasteiger charge is -2.23. The minimum atomic E-state index is -3.56. The maximum atomic E-state index is 12.2. The van der Waals surface area contributed by atoms with E-state index in [1.54, 1.807) is 13.8 Å². The van der Waals surface area contributed by atoms with Gasteiger partial charge in [0, 0.05) is 13.2 Å². The maximum absolute atomic E-state index is 12.2. The molecule has 1 rings (SSSR count). The van der Waals surface area contributed by atoms with E-state index in [1.807, 2.05) is 13.8 Å². The van der Waals surface area contributed by atoms with Crippen molar-refractivity contribution < 1.29 is 13.5 Å². The van der Waals surface area contributed by atoms with Gasteiger partial charge < -0.3 is 5.11 Å². The fourth-order valence-corrected chi connectivity index (χ4v) is 3.30. The molecule has 0 aliphatic rings. The second-order valence-corrected chi connectivity index (χ2v) is 6.93. The largest absolute Gasteiger partial charge is 0.396 e. The third kappa shape index (κ3) is 3.54. The summed E-state index contributed by atoms with van der Waals surface area (Å²) >= 11 is 0. The van der Waals surface area contributed by atoms with Crippen molar-refractivity contribution in [3.63, 3.8) is 0 Å². The molecule has 3 N–H and O–H groups in total. The third-order valence-electron chi connectivity index (χ3n) is 2.86. The van der Waals surface area contributed by atoms with E-state index in [0.717, 1.165) is 0 Å². The summed E-state index contributed by atoms with van der Waals surface area (Å²) in [6.45, 7) is 7.45. The molecular weight excluding hydrogens is 254 g/mol. The summed E-state index contributed by atoms with van der Waals surface area (Å²) in [6.07, 6.45) is 0.541. The average Bonchev–Trinajstić information content (AvgIpc) is 2.56. The van der Waals surface area contributed by atoms with Gasteiger partial charge in [0.15, 0.2) is 0 Å². The van der Waals surface area contributed by atoms with Gasteiger partial charge in [-0.05, 0) is 25.7 Å². The van der Waals surface area contributed by atoms with E-state index in [-0.39, 0.29) is 23.5 Å². The number of aryl methyl sites for hydroxylation is 2. The van der Waals surface area contributed by atoms with Crippen LogP contribution in [0.3, 0.4) is 0 Å². The Morgan fingerprint density at radius 2 is 2.00 bits per heavy atom. The molecule has 0 fully saturated rings. The topological polar surface area (TPSA) is 95.1 Å². The minimum absolute atomic E-state index is 0.0402. The molecule has 0 saturated heterocycles. The Labute approximate surface area is 108 Å². The Bertz CT molecular complexity index is 486. The van der Waals surface area contributed by atoms with Gasteiger partial charge in [-0.1, -0.05) is 13.8 Å². The van der Waals surface area contributed by atoms with Crippen molar-refractivity contribution in [3.05, 3.63) is 11.4 Å². The number of hydrogen-bond acceptors (Lipinski definition) is 4. The van der Waals surface area contributed by atoms with Gasteiger partial charge in [0.05, 0.1) is 11.4 Å². The van der Waals surface area contributed by atoms with Crippen LogP contribution in [-0.2, 0) is 10.0 Å². The molecule has 1 aromatic rings. The first-order valence-electron chi connectivity index (χ1n) is 5.82. The molecule has 104 valence electrons. The molecule has 0 aliphatic heterocycles. The number of hydrogen-bond donors (Lipinski definition) is 3. The van der Waals surface area contributed by atoms with Crippen molar-refractivity contribution in [2.75, 3.05) is 13.2 Å². The predicted octanol–water partition coefficient (Wildman–Crippen LogP) is 0.713. The van der Waals surface area contributed by atoms with Gasteiger partial charge >= 0.3 is 0 Å². The molecule has 0 saturated carbocycles. The molecule has 6 nitrogen and oxygen atoms in total. The van der Waals surface area contributed by atoms with Gasteiger partial charge in [-0.25, -0.2) is 13.1 Å². The summed E-state index contributed by atoms with van der Waals surface area (Å²) in [5.41, 5.74) is 0.702. The van der Waals surface area contributed by atoms with Crippen LogP contribution in [-0.4, -0.2) is 36.9 Å². The third-order valence-corrected chi connectivity index (χ3v) is 4.52. The summed E-state index contributed by atoms with van der Waals surface area (Å²) in [5, 5.41) is 15.4. The van der Waals surface area contributed by atoms with Gasteiger partial charge in [-0.2, -0.15) is 5.10 Å². The van der Waals surface area contributed by atoms with E-state index in [9.17, 15) is 8.42 Å². The van der Waals surface area contributed by atoms with E-state index in [1.165, 1.54) is 0 Å². The maximum Gasteiger partial charge on any atom is 0.244 e. The van der Waals surface area contributed by atoms with E-state index < -0.39 is 10.0 Å². The summed E-state index contributed by atoms with van der Waals surface area (Å²) in [7, 11) is -3.56. The first kappa shape index (κ1) is 15.1. The molecule has 0 amide bonds. The number of aromatic amines is 1. The number of aromatic nitrogens is 2. The summed E-state index contributed by atoms with van der Waals surface area (Å²) < 4.78 is 26.9. The highest BCUT2D eigenvalue weighted by Gasteiger charge is 2.25. The van der Waals surface area contributed by atoms with Crippen LogP contribution < -0.4 is 4.72 Å². The second kappa shape index (κ2) is 5.38. The smallest absolute Gasteiger partial charge is 0.244 e. The molecule has 0 spiro atoms. The zero-order chi connectivity index (χ0) is 14.0. The lowest BCUT2D eigenvalue weighted by Crippen LogP contribution is -2.35. The van der Waals surface area contributed by atoms with Crippen LogP contribution in [0.1, 0.15) is 31.7 Å². The quantitative estimate of drug-likeness (QED) is 0.712. The zero-order valence-electron chi connectivity index (χ0n) is 11.2. The highest BCUT2D eigenvalue weighted by Crippen LogP contribution is 2.21. The monoisotopic (exact) mass is 275 g/mol. The van der Waals surface area contributed by atoms with Crippen molar-refractivity contribution in [3.8, 4) is 0 Å². The Kier molecular flexibility index (Phi) is 4.52. The number of aliphatic hydroxyl groups is 1. The van der Waals surface area contributed by atoms with Gasteiger partial charge in [0.25, 0.3) is 0 Å². The van der Waals surface area contributed by atoms with E-state index in [4.69, 9.17) is 5.11 Å². The molecule has 7 heteroatoms. The Balaban J connectivity index is 2.84. The van der Waals surface area contributed by atoms with E-state index in [0.29, 0.717) is 17.8 Å². The normalized spacial score (nSPS) is 12.9. The highest BCUT2D eigenvalue weighted by atomic mass is 32.2. The number of rotatable bonds is 6. The van der Waals surface area contributed by atoms with Crippen LogP contribution in [0.5, 0.6) is 0 Å². The van der Waals surface area contributed by atoms with Gasteiger partial charge in [-0.3, -0.25) is 5.10 Å². The fourth-order valence-electron chi connectivity index (χ4n) is 1.69. The summed E-state index contributed by atoms with van der Waals surface area (Å²) in [6, 6.07) is 0. The van der Waals surface area contributed by atoms with Crippen molar-refractivity contribution in [2.24, 2.45) is 5.41 Å². The summed E-state index contributed by atoms with van der Waals surface area (Å²) in [5.74, 6) is 0. The molecule has 18 heavy (non-hydrogen) atoms. The number of nitrogens with zero attached hydrogens (tertiary/aromatic N) is 1. The van der Waals surface area contributed by atoms with Crippen molar-refractivity contribution in [2.45, 2.75) is 39.0 Å². The van der Waals surface area contributed by atoms with Gasteiger partial charge in [0.2, 0.25) is 10.0 Å². The number of nitrogens with one attached hydrogen (secondary N) is 2. The molecule has 1 heterocycles. The van der Waals surface area contributed by atoms with E-state index >= 15 is 0 Å². The van der Waals surface area contributed by atoms with Gasteiger partial charge in [-0.15, -0.1) is 0 Å². The van der Waals surface area contributed by atoms with Crippen LogP contribution in [0, 0.1) is 19.3 Å². The second-order valence-electron chi connectivity index (χ2n) is 5.23. The molecule has 0 aromatic carbocycles. The van der Waals surface area contributed by atoms with Crippen LogP contribution in [0.4, 0.5) is 0 Å². The van der Waals surface area contributed by atoms with Crippen LogP contribution in [0.2, 0.25) is 0 Å². The standard InChI is InChI=1S/C11H21N3O3S/c1-8-10(9(2)14-13-8)18(16,17)12-7-11(3,4)5-6-15/h12,15H,5-7H2,1-4H3,(H,13,14). The lowest BCUT2D eigenvalue weighted by molar-refractivity contribution is 0.213. The highest BCUT2D eigenvalue weighted by molar-refractivity contribution is 7.89. The lowest BCUT2D eigenvalue weighted by atomic mass is 9.90. The van der Waals surface area contributed by atoms with Crippen LogP contribution >= 0.6 is 0 Å². The molecule has 0 atom stereocenters. The van der Waals surface area contributed by atoms with Crippen molar-refractivity contribution in [1.29, 1.82) is 0 Å². The number of sulfonamides is 1.